The Kier molecular flexibility index (Phi) is 6.70. The molecular weight excluding hydrogens is 512 g/mol. The van der Waals surface area contributed by atoms with Gasteiger partial charge in [0, 0.05) is 24.8 Å². The van der Waals surface area contributed by atoms with E-state index in [1.807, 2.05) is 22.8 Å². The molecule has 14 heteroatoms. The quantitative estimate of drug-likeness (QED) is 0.143. The molecule has 1 aliphatic rings. The number of nitro groups is 1. The molecule has 13 nitrogen and oxygen atoms in total. The summed E-state index contributed by atoms with van der Waals surface area (Å²) in [5.74, 6) is -1.57. The lowest BCUT2D eigenvalue weighted by atomic mass is 10.1. The molecule has 1 aromatic carbocycles. The molecule has 2 N–H and O–H groups in total. The van der Waals surface area contributed by atoms with E-state index in [0.29, 0.717) is 45.4 Å². The van der Waals surface area contributed by atoms with Gasteiger partial charge in [0.05, 0.1) is 17.9 Å². The SMILES string of the molecule is Cn1cnc([N+](=O)[O-])c1Sc1ncnc2nc[nH]c12.O=C(c1ccccc1)c1ccc2n1CCC2C(=O)O. The number of rotatable bonds is 6. The summed E-state index contributed by atoms with van der Waals surface area (Å²) in [6.07, 6.45) is 4.82. The lowest BCUT2D eigenvalue weighted by Gasteiger charge is -2.05. The van der Waals surface area contributed by atoms with Crippen molar-refractivity contribution in [1.29, 1.82) is 0 Å². The van der Waals surface area contributed by atoms with Gasteiger partial charge in [0.15, 0.2) is 10.7 Å². The van der Waals surface area contributed by atoms with Crippen LogP contribution in [-0.2, 0) is 18.4 Å². The summed E-state index contributed by atoms with van der Waals surface area (Å²) in [4.78, 5) is 52.7. The van der Waals surface area contributed by atoms with E-state index in [0.717, 1.165) is 17.5 Å². The second-order valence-corrected chi connectivity index (χ2v) is 9.27. The molecule has 5 heterocycles. The molecule has 4 aromatic heterocycles. The maximum atomic E-state index is 12.4. The average molecular weight is 533 g/mol. The van der Waals surface area contributed by atoms with Crippen molar-refractivity contribution in [2.45, 2.75) is 28.9 Å². The molecule has 0 amide bonds. The summed E-state index contributed by atoms with van der Waals surface area (Å²) in [6, 6.07) is 12.5. The van der Waals surface area contributed by atoms with Gasteiger partial charge in [0.2, 0.25) is 12.1 Å². The zero-order chi connectivity index (χ0) is 26.8. The van der Waals surface area contributed by atoms with Crippen molar-refractivity contribution in [3.8, 4) is 0 Å². The summed E-state index contributed by atoms with van der Waals surface area (Å²) < 4.78 is 3.40. The molecule has 1 aliphatic heterocycles. The lowest BCUT2D eigenvalue weighted by molar-refractivity contribution is -0.392. The molecule has 0 fully saturated rings. The first-order valence-corrected chi connectivity index (χ1v) is 12.2. The van der Waals surface area contributed by atoms with Gasteiger partial charge in [-0.05, 0) is 40.2 Å². The summed E-state index contributed by atoms with van der Waals surface area (Å²) in [6.45, 7) is 0.590. The lowest BCUT2D eigenvalue weighted by Crippen LogP contribution is -2.09. The Morgan fingerprint density at radius 1 is 1.13 bits per heavy atom. The number of nitrogens with zero attached hydrogens (tertiary/aromatic N) is 7. The first kappa shape index (κ1) is 24.8. The third-order valence-corrected chi connectivity index (χ3v) is 7.17. The standard InChI is InChI=1S/C15H13NO3.C9H7N7O2S/c17-14(10-4-2-1-3-5-10)13-7-6-12-11(15(18)19)8-9-16(12)13;1-15-4-14-7(16(17)18)9(15)19-8-5-6(11-2-10-5)12-3-13-8/h1-7,11H,8-9H2,(H,18,19);2-4H,1H3,(H,10,11,12,13). The van der Waals surface area contributed by atoms with E-state index in [4.69, 9.17) is 5.11 Å². The van der Waals surface area contributed by atoms with Crippen LogP contribution in [0.5, 0.6) is 0 Å². The first-order valence-electron chi connectivity index (χ1n) is 11.3. The monoisotopic (exact) mass is 532 g/mol. The van der Waals surface area contributed by atoms with Gasteiger partial charge in [0.25, 0.3) is 0 Å². The van der Waals surface area contributed by atoms with Crippen LogP contribution < -0.4 is 0 Å². The van der Waals surface area contributed by atoms with Crippen LogP contribution in [0.4, 0.5) is 5.82 Å². The van der Waals surface area contributed by atoms with Gasteiger partial charge in [-0.15, -0.1) is 0 Å². The predicted octanol–water partition coefficient (Wildman–Crippen LogP) is 3.44. The fourth-order valence-corrected chi connectivity index (χ4v) is 5.14. The van der Waals surface area contributed by atoms with Crippen LogP contribution >= 0.6 is 11.8 Å². The van der Waals surface area contributed by atoms with E-state index in [2.05, 4.69) is 24.9 Å². The molecule has 1 atom stereocenters. The van der Waals surface area contributed by atoms with Crippen LogP contribution in [0.3, 0.4) is 0 Å². The third-order valence-electron chi connectivity index (χ3n) is 6.00. The zero-order valence-electron chi connectivity index (χ0n) is 19.9. The Hall–Kier alpha value is -4.85. The van der Waals surface area contributed by atoms with E-state index in [1.165, 1.54) is 19.0 Å². The Morgan fingerprint density at radius 2 is 1.92 bits per heavy atom. The van der Waals surface area contributed by atoms with Gasteiger partial charge in [-0.25, -0.2) is 15.0 Å². The number of H-pyrrole nitrogens is 1. The number of carboxylic acids is 1. The molecule has 6 rings (SSSR count). The summed E-state index contributed by atoms with van der Waals surface area (Å²) in [7, 11) is 1.69. The Bertz CT molecular complexity index is 1660. The number of carbonyl (C=O) groups is 2. The fraction of sp³-hybridized carbons (Fsp3) is 0.167. The molecule has 0 aliphatic carbocycles. The van der Waals surface area contributed by atoms with Crippen LogP contribution in [0.2, 0.25) is 0 Å². The number of benzene rings is 1. The van der Waals surface area contributed by atoms with Gasteiger partial charge < -0.3 is 29.3 Å². The number of fused-ring (bicyclic) bond motifs is 2. The Labute approximate surface area is 218 Å². The number of nitrogens with one attached hydrogen (secondary N) is 1. The molecule has 0 spiro atoms. The van der Waals surface area contributed by atoms with Crippen molar-refractivity contribution in [3.63, 3.8) is 0 Å². The third kappa shape index (κ3) is 4.64. The highest BCUT2D eigenvalue weighted by Gasteiger charge is 2.31. The molecule has 0 saturated carbocycles. The molecule has 0 radical (unpaired) electrons. The van der Waals surface area contributed by atoms with E-state index in [1.54, 1.807) is 35.9 Å². The largest absolute Gasteiger partial charge is 0.481 e. The number of aliphatic carboxylic acids is 1. The van der Waals surface area contributed by atoms with Crippen LogP contribution in [0.15, 0.2) is 71.5 Å². The maximum Gasteiger partial charge on any atom is 0.396 e. The Morgan fingerprint density at radius 3 is 2.66 bits per heavy atom. The minimum absolute atomic E-state index is 0.0575. The van der Waals surface area contributed by atoms with Crippen LogP contribution in [-0.4, -0.2) is 55.8 Å². The first-order chi connectivity index (χ1) is 18.3. The number of carbonyl (C=O) groups excluding carboxylic acids is 1. The van der Waals surface area contributed by atoms with E-state index in [9.17, 15) is 19.7 Å². The zero-order valence-corrected chi connectivity index (χ0v) is 20.7. The topological polar surface area (TPSA) is 175 Å². The molecule has 192 valence electrons. The highest BCUT2D eigenvalue weighted by molar-refractivity contribution is 7.99. The molecule has 1 unspecified atom stereocenters. The van der Waals surface area contributed by atoms with Crippen LogP contribution in [0.1, 0.15) is 34.1 Å². The molecule has 0 saturated heterocycles. The number of hydrogen-bond acceptors (Lipinski definition) is 9. The smallest absolute Gasteiger partial charge is 0.396 e. The van der Waals surface area contributed by atoms with Crippen LogP contribution in [0.25, 0.3) is 11.2 Å². The van der Waals surface area contributed by atoms with Crippen molar-refractivity contribution in [2.24, 2.45) is 7.05 Å². The number of imidazole rings is 2. The average Bonchev–Trinajstić information content (AvgIpc) is 3.69. The minimum atomic E-state index is -0.824. The van der Waals surface area contributed by atoms with E-state index >= 15 is 0 Å². The number of aromatic nitrogens is 7. The number of hydrogen-bond donors (Lipinski definition) is 2. The fourth-order valence-electron chi connectivity index (χ4n) is 4.19. The molecule has 5 aromatic rings. The number of carboxylic acid groups (broad SMARTS) is 1. The summed E-state index contributed by atoms with van der Waals surface area (Å²) >= 11 is 1.15. The van der Waals surface area contributed by atoms with Crippen molar-refractivity contribution >= 4 is 40.5 Å². The van der Waals surface area contributed by atoms with Crippen molar-refractivity contribution in [1.82, 2.24) is 34.1 Å². The second-order valence-electron chi connectivity index (χ2n) is 8.29. The van der Waals surface area contributed by atoms with Crippen molar-refractivity contribution < 1.29 is 19.6 Å². The predicted molar refractivity (Wildman–Crippen MR) is 135 cm³/mol. The van der Waals surface area contributed by atoms with Gasteiger partial charge in [-0.3, -0.25) is 9.59 Å². The van der Waals surface area contributed by atoms with Crippen molar-refractivity contribution in [2.75, 3.05) is 0 Å². The van der Waals surface area contributed by atoms with E-state index in [-0.39, 0.29) is 11.6 Å². The Balaban J connectivity index is 0.000000155. The van der Waals surface area contributed by atoms with E-state index < -0.39 is 16.8 Å². The highest BCUT2D eigenvalue weighted by atomic mass is 32.2. The van der Waals surface area contributed by atoms with Crippen LogP contribution in [0, 0.1) is 10.1 Å². The van der Waals surface area contributed by atoms with Gasteiger partial charge in [-0.2, -0.15) is 0 Å². The minimum Gasteiger partial charge on any atom is -0.481 e. The maximum absolute atomic E-state index is 12.4. The van der Waals surface area contributed by atoms with Gasteiger partial charge >= 0.3 is 11.8 Å². The normalized spacial score (nSPS) is 14.1. The summed E-state index contributed by atoms with van der Waals surface area (Å²) in [5.41, 5.74) is 3.09. The van der Waals surface area contributed by atoms with Gasteiger partial charge in [0.1, 0.15) is 16.9 Å². The molecule has 38 heavy (non-hydrogen) atoms. The molecule has 0 bridgehead atoms. The second kappa shape index (κ2) is 10.3. The number of aromatic amines is 1. The highest BCUT2D eigenvalue weighted by Crippen LogP contribution is 2.34. The van der Waals surface area contributed by atoms with Crippen molar-refractivity contribution in [3.05, 3.63) is 88.5 Å². The number of aryl methyl sites for hydroxylation is 1. The van der Waals surface area contributed by atoms with Gasteiger partial charge in [-0.1, -0.05) is 30.3 Å². The number of ketones is 1. The molecular formula is C24H20N8O5S. The summed E-state index contributed by atoms with van der Waals surface area (Å²) in [5, 5.41) is 21.0.